The summed E-state index contributed by atoms with van der Waals surface area (Å²) < 4.78 is 25.6. The Hall–Kier alpha value is -1.26. The third-order valence-electron chi connectivity index (χ3n) is 2.34. The van der Waals surface area contributed by atoms with Crippen LogP contribution in [0.25, 0.3) is 0 Å². The molecule has 1 aromatic carbocycles. The summed E-state index contributed by atoms with van der Waals surface area (Å²) in [6.07, 6.45) is -0.390. The topological polar surface area (TPSA) is 20.2 Å². The Morgan fingerprint density at radius 1 is 1.19 bits per heavy atom. The highest BCUT2D eigenvalue weighted by atomic mass is 32.1. The molecule has 0 bridgehead atoms. The Labute approximate surface area is 96.0 Å². The summed E-state index contributed by atoms with van der Waals surface area (Å²) in [6.45, 7) is 0. The van der Waals surface area contributed by atoms with Crippen LogP contribution >= 0.6 is 11.3 Å². The van der Waals surface area contributed by atoms with E-state index in [2.05, 4.69) is 0 Å². The van der Waals surface area contributed by atoms with Gasteiger partial charge in [-0.25, -0.2) is 8.78 Å². The molecule has 2 aromatic rings. The van der Waals surface area contributed by atoms with Crippen LogP contribution in [0.1, 0.15) is 17.2 Å². The first kappa shape index (κ1) is 11.2. The fourth-order valence-corrected chi connectivity index (χ4v) is 2.15. The van der Waals surface area contributed by atoms with Crippen molar-refractivity contribution < 1.29 is 13.9 Å². The highest BCUT2D eigenvalue weighted by Crippen LogP contribution is 2.21. The smallest absolute Gasteiger partial charge is 0.159 e. The Balaban J connectivity index is 2.14. The predicted octanol–water partition coefficient (Wildman–Crippen LogP) is 3.30. The second-order valence-electron chi connectivity index (χ2n) is 3.53. The van der Waals surface area contributed by atoms with Gasteiger partial charge in [0.1, 0.15) is 0 Å². The third kappa shape index (κ3) is 2.46. The lowest BCUT2D eigenvalue weighted by atomic mass is 10.0. The van der Waals surface area contributed by atoms with E-state index in [1.807, 2.05) is 16.8 Å². The monoisotopic (exact) mass is 240 g/mol. The van der Waals surface area contributed by atoms with Gasteiger partial charge < -0.3 is 5.11 Å². The number of hydrogen-bond acceptors (Lipinski definition) is 2. The van der Waals surface area contributed by atoms with Crippen molar-refractivity contribution in [2.75, 3.05) is 0 Å². The first-order valence-corrected chi connectivity index (χ1v) is 5.75. The van der Waals surface area contributed by atoms with Crippen LogP contribution in [-0.4, -0.2) is 5.11 Å². The lowest BCUT2D eigenvalue weighted by Gasteiger charge is -2.10. The largest absolute Gasteiger partial charge is 0.388 e. The van der Waals surface area contributed by atoms with Crippen molar-refractivity contribution in [1.82, 2.24) is 0 Å². The number of aliphatic hydroxyl groups is 1. The molecule has 1 atom stereocenters. The van der Waals surface area contributed by atoms with Gasteiger partial charge in [0.15, 0.2) is 11.6 Å². The van der Waals surface area contributed by atoms with Crippen LogP contribution in [0, 0.1) is 11.6 Å². The summed E-state index contributed by atoms with van der Waals surface area (Å²) in [5.41, 5.74) is 1.38. The maximum absolute atomic E-state index is 12.9. The first-order valence-electron chi connectivity index (χ1n) is 4.81. The number of halogens is 2. The number of benzene rings is 1. The zero-order valence-electron chi connectivity index (χ0n) is 8.36. The van der Waals surface area contributed by atoms with E-state index in [0.717, 1.165) is 17.7 Å². The number of aliphatic hydroxyl groups excluding tert-OH is 1. The molecule has 0 fully saturated rings. The molecule has 2 rings (SSSR count). The van der Waals surface area contributed by atoms with Crippen LogP contribution in [0.4, 0.5) is 8.78 Å². The van der Waals surface area contributed by atoms with E-state index in [-0.39, 0.29) is 0 Å². The van der Waals surface area contributed by atoms with Crippen LogP contribution in [0.3, 0.4) is 0 Å². The molecule has 0 spiro atoms. The fraction of sp³-hybridized carbons (Fsp3) is 0.167. The average Bonchev–Trinajstić information content (AvgIpc) is 2.74. The minimum absolute atomic E-state index is 0.394. The highest BCUT2D eigenvalue weighted by molar-refractivity contribution is 7.07. The van der Waals surface area contributed by atoms with Crippen LogP contribution in [-0.2, 0) is 6.42 Å². The Bertz CT molecular complexity index is 468. The summed E-state index contributed by atoms with van der Waals surface area (Å²) >= 11 is 1.54. The molecule has 0 aliphatic carbocycles. The van der Waals surface area contributed by atoms with Gasteiger partial charge in [0.2, 0.25) is 0 Å². The van der Waals surface area contributed by atoms with Gasteiger partial charge in [-0.3, -0.25) is 0 Å². The zero-order valence-corrected chi connectivity index (χ0v) is 9.18. The molecule has 1 nitrogen and oxygen atoms in total. The van der Waals surface area contributed by atoms with Crippen molar-refractivity contribution in [2.45, 2.75) is 12.5 Å². The van der Waals surface area contributed by atoms with Crippen molar-refractivity contribution in [3.05, 3.63) is 57.8 Å². The number of thiophene rings is 1. The molecule has 0 aliphatic rings. The summed E-state index contributed by atoms with van der Waals surface area (Å²) in [6, 6.07) is 5.36. The van der Waals surface area contributed by atoms with Gasteiger partial charge >= 0.3 is 0 Å². The maximum atomic E-state index is 12.9. The molecular weight excluding hydrogens is 230 g/mol. The average molecular weight is 240 g/mol. The van der Waals surface area contributed by atoms with E-state index >= 15 is 0 Å². The Kier molecular flexibility index (Phi) is 3.31. The predicted molar refractivity (Wildman–Crippen MR) is 59.3 cm³/mol. The molecule has 84 valence electrons. The van der Waals surface area contributed by atoms with Gasteiger partial charge in [-0.1, -0.05) is 6.07 Å². The first-order chi connectivity index (χ1) is 7.66. The quantitative estimate of drug-likeness (QED) is 0.872. The second-order valence-corrected chi connectivity index (χ2v) is 4.31. The molecule has 0 amide bonds. The highest BCUT2D eigenvalue weighted by Gasteiger charge is 2.11. The van der Waals surface area contributed by atoms with Gasteiger partial charge in [-0.05, 0) is 40.1 Å². The molecule has 16 heavy (non-hydrogen) atoms. The van der Waals surface area contributed by atoms with Crippen molar-refractivity contribution in [3.63, 3.8) is 0 Å². The van der Waals surface area contributed by atoms with E-state index in [4.69, 9.17) is 0 Å². The lowest BCUT2D eigenvalue weighted by Crippen LogP contribution is -2.02. The van der Waals surface area contributed by atoms with Crippen LogP contribution in [0.2, 0.25) is 0 Å². The zero-order chi connectivity index (χ0) is 11.5. The van der Waals surface area contributed by atoms with E-state index in [0.29, 0.717) is 12.0 Å². The van der Waals surface area contributed by atoms with Gasteiger partial charge in [0, 0.05) is 6.42 Å². The minimum atomic E-state index is -0.929. The molecule has 1 unspecified atom stereocenters. The summed E-state index contributed by atoms with van der Waals surface area (Å²) in [5.74, 6) is -1.83. The molecular formula is C12H10F2OS. The standard InChI is InChI=1S/C12H10F2OS/c13-10-2-1-9(6-11(10)14)12(15)5-8-3-4-16-7-8/h1-4,6-7,12,15H,5H2. The van der Waals surface area contributed by atoms with Crippen LogP contribution < -0.4 is 0 Å². The maximum Gasteiger partial charge on any atom is 0.159 e. The van der Waals surface area contributed by atoms with E-state index < -0.39 is 17.7 Å². The molecule has 4 heteroatoms. The molecule has 1 heterocycles. The third-order valence-corrected chi connectivity index (χ3v) is 3.07. The minimum Gasteiger partial charge on any atom is -0.388 e. The van der Waals surface area contributed by atoms with Gasteiger partial charge in [0.05, 0.1) is 6.10 Å². The summed E-state index contributed by atoms with van der Waals surface area (Å²) in [4.78, 5) is 0. The SMILES string of the molecule is OC(Cc1ccsc1)c1ccc(F)c(F)c1. The van der Waals surface area contributed by atoms with Crippen LogP contribution in [0.15, 0.2) is 35.0 Å². The Morgan fingerprint density at radius 2 is 2.00 bits per heavy atom. The molecule has 1 N–H and O–H groups in total. The van der Waals surface area contributed by atoms with Crippen molar-refractivity contribution in [1.29, 1.82) is 0 Å². The summed E-state index contributed by atoms with van der Waals surface area (Å²) in [5, 5.41) is 13.7. The molecule has 0 radical (unpaired) electrons. The molecule has 0 aliphatic heterocycles. The van der Waals surface area contributed by atoms with Crippen molar-refractivity contribution >= 4 is 11.3 Å². The number of rotatable bonds is 3. The molecule has 0 saturated carbocycles. The molecule has 0 saturated heterocycles. The van der Waals surface area contributed by atoms with E-state index in [1.54, 1.807) is 0 Å². The van der Waals surface area contributed by atoms with Crippen LogP contribution in [0.5, 0.6) is 0 Å². The van der Waals surface area contributed by atoms with Crippen molar-refractivity contribution in [3.8, 4) is 0 Å². The van der Waals surface area contributed by atoms with E-state index in [1.165, 1.54) is 17.4 Å². The van der Waals surface area contributed by atoms with Gasteiger partial charge in [-0.2, -0.15) is 11.3 Å². The van der Waals surface area contributed by atoms with E-state index in [9.17, 15) is 13.9 Å². The van der Waals surface area contributed by atoms with Crippen molar-refractivity contribution in [2.24, 2.45) is 0 Å². The number of hydrogen-bond donors (Lipinski definition) is 1. The lowest BCUT2D eigenvalue weighted by molar-refractivity contribution is 0.178. The van der Waals surface area contributed by atoms with Gasteiger partial charge in [0.25, 0.3) is 0 Å². The second kappa shape index (κ2) is 4.72. The normalized spacial score (nSPS) is 12.7. The summed E-state index contributed by atoms with van der Waals surface area (Å²) in [7, 11) is 0. The Morgan fingerprint density at radius 3 is 2.62 bits per heavy atom. The van der Waals surface area contributed by atoms with Gasteiger partial charge in [-0.15, -0.1) is 0 Å². The fourth-order valence-electron chi connectivity index (χ4n) is 1.47. The molecule has 1 aromatic heterocycles.